The lowest BCUT2D eigenvalue weighted by Crippen LogP contribution is -2.32. The standard InChI is InChI=1S/C24H30Cl2N2/c1-3-4-5-6-7-8-9-10-15-21-20-14-12-11-13-19(20)16-18(2)22(21)28-17-27-23(25)24(28)26/h11-14,16-17H,3-10,15H2,1-2H3/p+1. The van der Waals surface area contributed by atoms with E-state index >= 15 is 0 Å². The number of fused-ring (bicyclic) bond motifs is 1. The molecule has 150 valence electrons. The van der Waals surface area contributed by atoms with Gasteiger partial charge >= 0.3 is 0 Å². The average molecular weight is 418 g/mol. The molecule has 0 saturated heterocycles. The molecule has 1 aromatic heterocycles. The van der Waals surface area contributed by atoms with Gasteiger partial charge in [0.1, 0.15) is 5.69 Å². The van der Waals surface area contributed by atoms with Crippen molar-refractivity contribution in [3.8, 4) is 5.69 Å². The fraction of sp³-hybridized carbons (Fsp3) is 0.458. The van der Waals surface area contributed by atoms with E-state index in [2.05, 4.69) is 49.2 Å². The minimum atomic E-state index is 0.479. The molecule has 1 N–H and O–H groups in total. The van der Waals surface area contributed by atoms with Gasteiger partial charge in [0.15, 0.2) is 0 Å². The number of aromatic amines is 1. The highest BCUT2D eigenvalue weighted by molar-refractivity contribution is 6.39. The minimum absolute atomic E-state index is 0.479. The number of unbranched alkanes of at least 4 members (excludes halogenated alkanes) is 7. The molecule has 0 aliphatic carbocycles. The smallest absolute Gasteiger partial charge is 0.232 e. The van der Waals surface area contributed by atoms with E-state index < -0.39 is 0 Å². The second-order valence-corrected chi connectivity index (χ2v) is 8.45. The van der Waals surface area contributed by atoms with Crippen molar-refractivity contribution in [2.24, 2.45) is 0 Å². The van der Waals surface area contributed by atoms with E-state index in [-0.39, 0.29) is 0 Å². The van der Waals surface area contributed by atoms with Gasteiger partial charge in [-0.25, -0.2) is 4.98 Å². The summed E-state index contributed by atoms with van der Waals surface area (Å²) in [6, 6.07) is 10.9. The number of H-pyrrole nitrogens is 1. The maximum Gasteiger partial charge on any atom is 0.260 e. The van der Waals surface area contributed by atoms with Gasteiger partial charge < -0.3 is 0 Å². The van der Waals surface area contributed by atoms with Crippen LogP contribution in [-0.4, -0.2) is 4.98 Å². The summed E-state index contributed by atoms with van der Waals surface area (Å²) in [6.45, 7) is 4.43. The lowest BCUT2D eigenvalue weighted by molar-refractivity contribution is -0.592. The van der Waals surface area contributed by atoms with Crippen molar-refractivity contribution in [3.63, 3.8) is 0 Å². The van der Waals surface area contributed by atoms with E-state index in [0.717, 1.165) is 12.1 Å². The summed E-state index contributed by atoms with van der Waals surface area (Å²) in [5.74, 6) is 0. The van der Waals surface area contributed by atoms with Gasteiger partial charge in [0.05, 0.1) is 0 Å². The number of aryl methyl sites for hydroxylation is 2. The summed E-state index contributed by atoms with van der Waals surface area (Å²) in [5.41, 5.74) is 3.75. The van der Waals surface area contributed by atoms with Crippen molar-refractivity contribution in [1.29, 1.82) is 0 Å². The van der Waals surface area contributed by atoms with Crippen molar-refractivity contribution < 1.29 is 4.57 Å². The van der Waals surface area contributed by atoms with E-state index in [1.54, 1.807) is 0 Å². The zero-order chi connectivity index (χ0) is 19.9. The fourth-order valence-corrected chi connectivity index (χ4v) is 4.42. The minimum Gasteiger partial charge on any atom is -0.232 e. The summed E-state index contributed by atoms with van der Waals surface area (Å²) < 4.78 is 1.99. The number of benzene rings is 2. The van der Waals surface area contributed by atoms with Crippen LogP contribution in [0.1, 0.15) is 69.4 Å². The number of imidazole rings is 1. The molecule has 0 bridgehead atoms. The van der Waals surface area contributed by atoms with Crippen molar-refractivity contribution in [2.45, 2.75) is 71.6 Å². The molecular weight excluding hydrogens is 387 g/mol. The van der Waals surface area contributed by atoms with Gasteiger partial charge in [0.25, 0.3) is 10.3 Å². The average Bonchev–Trinajstić information content (AvgIpc) is 3.02. The van der Waals surface area contributed by atoms with Gasteiger partial charge in [0, 0.05) is 5.56 Å². The summed E-state index contributed by atoms with van der Waals surface area (Å²) in [4.78, 5) is 3.04. The summed E-state index contributed by atoms with van der Waals surface area (Å²) in [7, 11) is 0. The highest BCUT2D eigenvalue weighted by Crippen LogP contribution is 2.29. The Morgan fingerprint density at radius 1 is 0.929 bits per heavy atom. The Labute approximate surface area is 178 Å². The third-order valence-corrected chi connectivity index (χ3v) is 6.31. The first kappa shape index (κ1) is 21.2. The third-order valence-electron chi connectivity index (χ3n) is 5.55. The van der Waals surface area contributed by atoms with Crippen molar-refractivity contribution in [1.82, 2.24) is 4.98 Å². The normalized spacial score (nSPS) is 11.4. The summed E-state index contributed by atoms with van der Waals surface area (Å²) in [5, 5.41) is 3.62. The Bertz CT molecular complexity index is 914. The van der Waals surface area contributed by atoms with Crippen LogP contribution >= 0.6 is 23.2 Å². The Hall–Kier alpha value is -1.51. The van der Waals surface area contributed by atoms with Gasteiger partial charge in [-0.05, 0) is 65.4 Å². The van der Waals surface area contributed by atoms with Gasteiger partial charge in [-0.1, -0.05) is 76.1 Å². The van der Waals surface area contributed by atoms with E-state index in [1.165, 1.54) is 73.3 Å². The zero-order valence-electron chi connectivity index (χ0n) is 17.0. The first-order valence-electron chi connectivity index (χ1n) is 10.6. The van der Waals surface area contributed by atoms with Gasteiger partial charge in [-0.3, -0.25) is 0 Å². The first-order valence-corrected chi connectivity index (χ1v) is 11.3. The second kappa shape index (κ2) is 10.3. The maximum absolute atomic E-state index is 6.48. The zero-order valence-corrected chi connectivity index (χ0v) is 18.5. The second-order valence-electron chi connectivity index (χ2n) is 7.71. The Balaban J connectivity index is 1.81. The van der Waals surface area contributed by atoms with Crippen molar-refractivity contribution in [2.75, 3.05) is 0 Å². The molecule has 4 heteroatoms. The Morgan fingerprint density at radius 2 is 1.61 bits per heavy atom. The van der Waals surface area contributed by atoms with Crippen LogP contribution in [0.25, 0.3) is 16.5 Å². The molecule has 2 aromatic carbocycles. The third kappa shape index (κ3) is 4.90. The molecule has 0 aliphatic heterocycles. The summed E-state index contributed by atoms with van der Waals surface area (Å²) >= 11 is 12.7. The van der Waals surface area contributed by atoms with Crippen LogP contribution in [0.5, 0.6) is 0 Å². The molecule has 0 atom stereocenters. The molecule has 0 saturated carbocycles. The fourth-order valence-electron chi connectivity index (χ4n) is 4.09. The molecule has 0 amide bonds. The lowest BCUT2D eigenvalue weighted by atomic mass is 9.94. The highest BCUT2D eigenvalue weighted by atomic mass is 35.5. The quantitative estimate of drug-likeness (QED) is 0.257. The van der Waals surface area contributed by atoms with Crippen LogP contribution in [-0.2, 0) is 6.42 Å². The molecule has 3 aromatic rings. The van der Waals surface area contributed by atoms with Crippen LogP contribution in [0.15, 0.2) is 36.7 Å². The number of halogens is 2. The number of nitrogens with one attached hydrogen (secondary N) is 1. The largest absolute Gasteiger partial charge is 0.260 e. The Morgan fingerprint density at radius 3 is 2.29 bits per heavy atom. The van der Waals surface area contributed by atoms with Gasteiger partial charge in [-0.15, -0.1) is 0 Å². The van der Waals surface area contributed by atoms with E-state index in [0.29, 0.717) is 10.3 Å². The predicted octanol–water partition coefficient (Wildman–Crippen LogP) is 7.74. The molecule has 1 heterocycles. The van der Waals surface area contributed by atoms with E-state index in [9.17, 15) is 0 Å². The molecule has 0 fully saturated rings. The number of hydrogen-bond donors (Lipinski definition) is 1. The van der Waals surface area contributed by atoms with Crippen LogP contribution < -0.4 is 4.57 Å². The number of aromatic nitrogens is 2. The number of nitrogens with zero attached hydrogens (tertiary/aromatic N) is 1. The molecule has 0 spiro atoms. The monoisotopic (exact) mass is 417 g/mol. The predicted molar refractivity (Wildman–Crippen MR) is 121 cm³/mol. The van der Waals surface area contributed by atoms with E-state index in [1.807, 2.05) is 10.9 Å². The first-order chi connectivity index (χ1) is 13.6. The molecular formula is C24H31Cl2N2+. The number of hydrogen-bond acceptors (Lipinski definition) is 0. The van der Waals surface area contributed by atoms with Gasteiger partial charge in [0.2, 0.25) is 6.33 Å². The van der Waals surface area contributed by atoms with Crippen molar-refractivity contribution >= 4 is 34.0 Å². The van der Waals surface area contributed by atoms with Crippen LogP contribution in [0.2, 0.25) is 10.3 Å². The lowest BCUT2D eigenvalue weighted by Gasteiger charge is -2.14. The van der Waals surface area contributed by atoms with Crippen LogP contribution in [0, 0.1) is 6.92 Å². The molecule has 0 aliphatic rings. The SMILES string of the molecule is CCCCCCCCCCc1c(-[n+]2c[nH]c(Cl)c2Cl)c(C)cc2ccccc12. The van der Waals surface area contributed by atoms with Crippen LogP contribution in [0.3, 0.4) is 0 Å². The Kier molecular flexibility index (Phi) is 7.82. The maximum atomic E-state index is 6.48. The van der Waals surface area contributed by atoms with Crippen LogP contribution in [0.4, 0.5) is 0 Å². The molecule has 3 rings (SSSR count). The molecule has 0 unspecified atom stereocenters. The van der Waals surface area contributed by atoms with Crippen molar-refractivity contribution in [3.05, 3.63) is 58.1 Å². The van der Waals surface area contributed by atoms with Gasteiger partial charge in [-0.2, -0.15) is 4.57 Å². The van der Waals surface area contributed by atoms with E-state index in [4.69, 9.17) is 23.2 Å². The summed E-state index contributed by atoms with van der Waals surface area (Å²) in [6.07, 6.45) is 13.5. The molecule has 0 radical (unpaired) electrons. The highest BCUT2D eigenvalue weighted by Gasteiger charge is 2.22. The topological polar surface area (TPSA) is 19.7 Å². The number of rotatable bonds is 10. The molecule has 28 heavy (non-hydrogen) atoms. The molecule has 2 nitrogen and oxygen atoms in total.